The smallest absolute Gasteiger partial charge is 0.0897 e. The number of aliphatic hydroxyl groups excluding tert-OH is 1. The summed E-state index contributed by atoms with van der Waals surface area (Å²) in [4.78, 5) is 0. The molecule has 1 aliphatic rings. The van der Waals surface area contributed by atoms with Crippen molar-refractivity contribution >= 4 is 0 Å². The summed E-state index contributed by atoms with van der Waals surface area (Å²) in [7, 11) is 1.62. The van der Waals surface area contributed by atoms with Gasteiger partial charge in [0.2, 0.25) is 0 Å². The molecule has 1 saturated carbocycles. The number of rotatable bonds is 6. The fourth-order valence-corrected chi connectivity index (χ4v) is 2.37. The van der Waals surface area contributed by atoms with Crippen LogP contribution in [0.1, 0.15) is 39.0 Å². The van der Waals surface area contributed by atoms with Crippen molar-refractivity contribution in [2.75, 3.05) is 20.3 Å². The van der Waals surface area contributed by atoms with Gasteiger partial charge < -0.3 is 15.2 Å². The molecule has 3 nitrogen and oxygen atoms in total. The summed E-state index contributed by atoms with van der Waals surface area (Å²) in [5, 5.41) is 12.9. The van der Waals surface area contributed by atoms with Crippen LogP contribution in [0.15, 0.2) is 0 Å². The van der Waals surface area contributed by atoms with Gasteiger partial charge in [0.15, 0.2) is 0 Å². The second kappa shape index (κ2) is 7.20. The van der Waals surface area contributed by atoms with Crippen LogP contribution in [-0.4, -0.2) is 37.5 Å². The maximum absolute atomic E-state index is 9.51. The Labute approximate surface area is 93.2 Å². The number of hydrogen-bond donors (Lipinski definition) is 2. The first-order valence-corrected chi connectivity index (χ1v) is 6.14. The molecule has 0 amide bonds. The molecule has 0 spiro atoms. The summed E-state index contributed by atoms with van der Waals surface area (Å²) in [5.74, 6) is 0.800. The van der Waals surface area contributed by atoms with Crippen LogP contribution >= 0.6 is 0 Å². The molecule has 3 heteroatoms. The first kappa shape index (κ1) is 12.9. The fraction of sp³-hybridized carbons (Fsp3) is 1.00. The van der Waals surface area contributed by atoms with Crippen molar-refractivity contribution in [3.63, 3.8) is 0 Å². The molecule has 1 rings (SSSR count). The van der Waals surface area contributed by atoms with Crippen molar-refractivity contribution in [3.05, 3.63) is 0 Å². The number of methoxy groups -OCH3 is 1. The lowest BCUT2D eigenvalue weighted by Gasteiger charge is -2.29. The number of ether oxygens (including phenoxy) is 1. The predicted octanol–water partition coefficient (Wildman–Crippen LogP) is 1.55. The molecule has 0 radical (unpaired) electrons. The molecule has 0 heterocycles. The molecule has 1 fully saturated rings. The number of nitrogens with one attached hydrogen (secondary N) is 1. The lowest BCUT2D eigenvalue weighted by atomic mass is 9.84. The van der Waals surface area contributed by atoms with E-state index in [1.165, 1.54) is 32.1 Å². The van der Waals surface area contributed by atoms with Crippen molar-refractivity contribution in [2.45, 2.75) is 51.2 Å². The minimum absolute atomic E-state index is 0.374. The van der Waals surface area contributed by atoms with Crippen molar-refractivity contribution in [2.24, 2.45) is 5.92 Å². The Morgan fingerprint density at radius 3 is 2.60 bits per heavy atom. The van der Waals surface area contributed by atoms with Gasteiger partial charge in [0.05, 0.1) is 12.7 Å². The molecule has 0 aromatic carbocycles. The largest absolute Gasteiger partial charge is 0.389 e. The Hall–Kier alpha value is -0.120. The lowest BCUT2D eigenvalue weighted by Crippen LogP contribution is -2.40. The summed E-state index contributed by atoms with van der Waals surface area (Å²) in [6.45, 7) is 3.30. The Morgan fingerprint density at radius 1 is 1.33 bits per heavy atom. The van der Waals surface area contributed by atoms with E-state index in [0.29, 0.717) is 19.2 Å². The van der Waals surface area contributed by atoms with Crippen LogP contribution in [0.2, 0.25) is 0 Å². The maximum atomic E-state index is 9.51. The van der Waals surface area contributed by atoms with E-state index in [1.54, 1.807) is 7.11 Å². The van der Waals surface area contributed by atoms with E-state index in [9.17, 15) is 5.11 Å². The number of aliphatic hydroxyl groups is 1. The van der Waals surface area contributed by atoms with Gasteiger partial charge >= 0.3 is 0 Å². The average molecular weight is 215 g/mol. The highest BCUT2D eigenvalue weighted by molar-refractivity contribution is 4.76. The van der Waals surface area contributed by atoms with E-state index in [4.69, 9.17) is 4.74 Å². The molecule has 2 N–H and O–H groups in total. The zero-order valence-electron chi connectivity index (χ0n) is 10.0. The van der Waals surface area contributed by atoms with Crippen LogP contribution in [-0.2, 0) is 4.74 Å². The Bertz CT molecular complexity index is 158. The van der Waals surface area contributed by atoms with Gasteiger partial charge in [-0.1, -0.05) is 19.3 Å². The van der Waals surface area contributed by atoms with Crippen molar-refractivity contribution < 1.29 is 9.84 Å². The molecule has 0 bridgehead atoms. The van der Waals surface area contributed by atoms with Crippen LogP contribution in [0.4, 0.5) is 0 Å². The molecular weight excluding hydrogens is 190 g/mol. The minimum Gasteiger partial charge on any atom is -0.389 e. The Balaban J connectivity index is 2.13. The zero-order valence-corrected chi connectivity index (χ0v) is 10.0. The van der Waals surface area contributed by atoms with Crippen LogP contribution in [0.25, 0.3) is 0 Å². The molecule has 2 atom stereocenters. The Morgan fingerprint density at radius 2 is 2.00 bits per heavy atom. The molecule has 0 saturated heterocycles. The van der Waals surface area contributed by atoms with Gasteiger partial charge in [-0.15, -0.1) is 0 Å². The lowest BCUT2D eigenvalue weighted by molar-refractivity contribution is 0.0609. The minimum atomic E-state index is -0.374. The second-order valence-electron chi connectivity index (χ2n) is 4.70. The van der Waals surface area contributed by atoms with E-state index in [-0.39, 0.29) is 6.10 Å². The van der Waals surface area contributed by atoms with Gasteiger partial charge in [-0.25, -0.2) is 0 Å². The monoisotopic (exact) mass is 215 g/mol. The second-order valence-corrected chi connectivity index (χ2v) is 4.70. The van der Waals surface area contributed by atoms with Crippen LogP contribution in [0, 0.1) is 5.92 Å². The van der Waals surface area contributed by atoms with E-state index < -0.39 is 0 Å². The molecule has 0 aliphatic heterocycles. The first-order valence-electron chi connectivity index (χ1n) is 6.14. The Kier molecular flexibility index (Phi) is 6.22. The highest BCUT2D eigenvalue weighted by Gasteiger charge is 2.19. The SMILES string of the molecule is COCC(O)CN[C@H](C)C1CCCCC1. The first-order chi connectivity index (χ1) is 7.24. The maximum Gasteiger partial charge on any atom is 0.0897 e. The summed E-state index contributed by atoms with van der Waals surface area (Å²) < 4.78 is 4.89. The third kappa shape index (κ3) is 4.96. The van der Waals surface area contributed by atoms with Gasteiger partial charge in [-0.05, 0) is 25.7 Å². The highest BCUT2D eigenvalue weighted by atomic mass is 16.5. The normalized spacial score (nSPS) is 22.6. The summed E-state index contributed by atoms with van der Waals surface area (Å²) in [6.07, 6.45) is 6.45. The van der Waals surface area contributed by atoms with Crippen LogP contribution in [0.5, 0.6) is 0 Å². The van der Waals surface area contributed by atoms with E-state index in [0.717, 1.165) is 5.92 Å². The van der Waals surface area contributed by atoms with Gasteiger partial charge in [0.1, 0.15) is 0 Å². The molecule has 90 valence electrons. The van der Waals surface area contributed by atoms with Gasteiger partial charge in [-0.2, -0.15) is 0 Å². The van der Waals surface area contributed by atoms with E-state index in [1.807, 2.05) is 0 Å². The molecule has 15 heavy (non-hydrogen) atoms. The van der Waals surface area contributed by atoms with Crippen molar-refractivity contribution in [1.82, 2.24) is 5.32 Å². The summed E-state index contributed by atoms with van der Waals surface area (Å²) >= 11 is 0. The third-order valence-corrected chi connectivity index (χ3v) is 3.39. The van der Waals surface area contributed by atoms with Crippen LogP contribution < -0.4 is 5.32 Å². The highest BCUT2D eigenvalue weighted by Crippen LogP contribution is 2.26. The molecule has 0 aromatic heterocycles. The van der Waals surface area contributed by atoms with Crippen LogP contribution in [0.3, 0.4) is 0 Å². The zero-order chi connectivity index (χ0) is 11.1. The van der Waals surface area contributed by atoms with Gasteiger partial charge in [0, 0.05) is 19.7 Å². The van der Waals surface area contributed by atoms with E-state index in [2.05, 4.69) is 12.2 Å². The number of hydrogen-bond acceptors (Lipinski definition) is 3. The third-order valence-electron chi connectivity index (χ3n) is 3.39. The fourth-order valence-electron chi connectivity index (χ4n) is 2.37. The molecule has 0 aromatic rings. The molecule has 1 unspecified atom stereocenters. The predicted molar refractivity (Wildman–Crippen MR) is 61.9 cm³/mol. The van der Waals surface area contributed by atoms with Crippen molar-refractivity contribution in [1.29, 1.82) is 0 Å². The van der Waals surface area contributed by atoms with Gasteiger partial charge in [0.25, 0.3) is 0 Å². The molecule has 1 aliphatic carbocycles. The average Bonchev–Trinajstić information content (AvgIpc) is 2.27. The summed E-state index contributed by atoms with van der Waals surface area (Å²) in [5.41, 5.74) is 0. The topological polar surface area (TPSA) is 41.5 Å². The standard InChI is InChI=1S/C12H25NO2/c1-10(11-6-4-3-5-7-11)13-8-12(14)9-15-2/h10-14H,3-9H2,1-2H3/t10-,12?/m1/s1. The van der Waals surface area contributed by atoms with Crippen molar-refractivity contribution in [3.8, 4) is 0 Å². The quantitative estimate of drug-likeness (QED) is 0.706. The van der Waals surface area contributed by atoms with Gasteiger partial charge in [-0.3, -0.25) is 0 Å². The summed E-state index contributed by atoms with van der Waals surface area (Å²) in [6, 6.07) is 0.525. The molecular formula is C12H25NO2. The van der Waals surface area contributed by atoms with E-state index >= 15 is 0 Å².